The molecule has 0 aliphatic carbocycles. The maximum atomic E-state index is 4.77. The summed E-state index contributed by atoms with van der Waals surface area (Å²) in [5, 5.41) is 1.15. The van der Waals surface area contributed by atoms with Crippen molar-refractivity contribution in [1.82, 2.24) is 4.98 Å². The van der Waals surface area contributed by atoms with E-state index in [-0.39, 0.29) is 10.8 Å². The lowest BCUT2D eigenvalue weighted by Gasteiger charge is -2.18. The van der Waals surface area contributed by atoms with Crippen molar-refractivity contribution in [3.63, 3.8) is 0 Å². The lowest BCUT2D eigenvalue weighted by atomic mass is 9.91. The number of aromatic nitrogens is 1. The quantitative estimate of drug-likeness (QED) is 0.669. The minimum absolute atomic E-state index is 0.0131. The van der Waals surface area contributed by atoms with Gasteiger partial charge < -0.3 is 0 Å². The predicted octanol–water partition coefficient (Wildman–Crippen LogP) is 5.56. The number of thiazole rings is 1. The smallest absolute Gasteiger partial charge is 0.0992 e. The minimum atomic E-state index is -0.0131. The van der Waals surface area contributed by atoms with Crippen LogP contribution in [-0.2, 0) is 5.41 Å². The lowest BCUT2D eigenvalue weighted by molar-refractivity contribution is 0.503. The summed E-state index contributed by atoms with van der Waals surface area (Å²) in [6.45, 7) is 18.7. The Labute approximate surface area is 127 Å². The molecular weight excluding hydrogens is 264 g/mol. The van der Waals surface area contributed by atoms with E-state index in [1.807, 2.05) is 13.0 Å². The third kappa shape index (κ3) is 4.14. The van der Waals surface area contributed by atoms with Gasteiger partial charge in [-0.05, 0) is 25.8 Å². The van der Waals surface area contributed by atoms with Gasteiger partial charge in [0, 0.05) is 16.5 Å². The Kier molecular flexibility index (Phi) is 5.09. The van der Waals surface area contributed by atoms with E-state index in [9.17, 15) is 0 Å². The molecule has 0 aromatic carbocycles. The number of rotatable bonds is 3. The molecule has 0 aliphatic heterocycles. The normalized spacial score (nSPS) is 14.1. The fraction of sp³-hybridized carbons (Fsp3) is 0.529. The number of aliphatic imine (C=N–C) groups is 1. The molecule has 1 rings (SSSR count). The molecule has 0 fully saturated rings. The first-order chi connectivity index (χ1) is 9.09. The highest BCUT2D eigenvalue weighted by Crippen LogP contribution is 2.34. The van der Waals surface area contributed by atoms with Gasteiger partial charge in [0.15, 0.2) is 0 Å². The van der Waals surface area contributed by atoms with E-state index in [0.717, 1.165) is 21.3 Å². The zero-order valence-corrected chi connectivity index (χ0v) is 14.6. The molecule has 1 aromatic heterocycles. The Hall–Kier alpha value is -1.22. The molecule has 0 spiro atoms. The molecule has 0 unspecified atom stereocenters. The van der Waals surface area contributed by atoms with Crippen LogP contribution in [-0.4, -0.2) is 11.7 Å². The molecule has 2 nitrogen and oxygen atoms in total. The molecule has 0 amide bonds. The van der Waals surface area contributed by atoms with Crippen LogP contribution >= 0.6 is 11.3 Å². The van der Waals surface area contributed by atoms with Crippen molar-refractivity contribution in [2.24, 2.45) is 10.4 Å². The maximum absolute atomic E-state index is 4.77. The molecule has 0 aliphatic rings. The fourth-order valence-corrected chi connectivity index (χ4v) is 2.72. The average molecular weight is 290 g/mol. The number of allylic oxidation sites excluding steroid dienone is 2. The van der Waals surface area contributed by atoms with E-state index >= 15 is 0 Å². The Bertz CT molecular complexity index is 534. The Morgan fingerprint density at radius 3 is 2.20 bits per heavy atom. The maximum Gasteiger partial charge on any atom is 0.0992 e. The number of hydrogen-bond acceptors (Lipinski definition) is 3. The van der Waals surface area contributed by atoms with E-state index in [1.165, 1.54) is 0 Å². The zero-order chi connectivity index (χ0) is 15.6. The summed E-state index contributed by atoms with van der Waals surface area (Å²) < 4.78 is 0. The van der Waals surface area contributed by atoms with Gasteiger partial charge in [0.1, 0.15) is 0 Å². The molecule has 0 saturated carbocycles. The van der Waals surface area contributed by atoms with Gasteiger partial charge in [-0.3, -0.25) is 4.99 Å². The van der Waals surface area contributed by atoms with Gasteiger partial charge in [-0.25, -0.2) is 4.98 Å². The standard InChI is InChI=1S/C17H26N2S/c1-9-10-12-13(11-14(18-8)16(2,3)4)20-15(19-12)17(5,6)7/h9-11H,8H2,1-7H3/b10-9-,14-11-. The average Bonchev–Trinajstić information content (AvgIpc) is 2.68. The molecule has 0 atom stereocenters. The van der Waals surface area contributed by atoms with Gasteiger partial charge in [0.25, 0.3) is 0 Å². The van der Waals surface area contributed by atoms with Crippen molar-refractivity contribution in [3.8, 4) is 0 Å². The van der Waals surface area contributed by atoms with Crippen LogP contribution in [0.4, 0.5) is 0 Å². The molecule has 3 heteroatoms. The van der Waals surface area contributed by atoms with Crippen molar-refractivity contribution in [2.75, 3.05) is 0 Å². The van der Waals surface area contributed by atoms with E-state index in [1.54, 1.807) is 11.3 Å². The topological polar surface area (TPSA) is 25.2 Å². The first kappa shape index (κ1) is 16.8. The molecule has 110 valence electrons. The predicted molar refractivity (Wildman–Crippen MR) is 92.5 cm³/mol. The second-order valence-electron chi connectivity index (χ2n) is 6.96. The monoisotopic (exact) mass is 290 g/mol. The summed E-state index contributed by atoms with van der Waals surface area (Å²) >= 11 is 1.74. The molecule has 1 heterocycles. The van der Waals surface area contributed by atoms with Crippen LogP contribution in [0.2, 0.25) is 0 Å². The minimum Gasteiger partial charge on any atom is -0.268 e. The van der Waals surface area contributed by atoms with Crippen LogP contribution in [0.25, 0.3) is 12.2 Å². The summed E-state index contributed by atoms with van der Waals surface area (Å²) in [5.74, 6) is 0. The summed E-state index contributed by atoms with van der Waals surface area (Å²) in [7, 11) is 0. The summed E-state index contributed by atoms with van der Waals surface area (Å²) in [6, 6.07) is 0. The van der Waals surface area contributed by atoms with Crippen LogP contribution in [0, 0.1) is 5.41 Å². The summed E-state index contributed by atoms with van der Waals surface area (Å²) in [4.78, 5) is 10.1. The molecule has 0 bridgehead atoms. The third-order valence-corrected chi connectivity index (χ3v) is 4.30. The second-order valence-corrected chi connectivity index (χ2v) is 7.99. The third-order valence-electron chi connectivity index (χ3n) is 2.85. The van der Waals surface area contributed by atoms with Crippen molar-refractivity contribution < 1.29 is 0 Å². The van der Waals surface area contributed by atoms with Crippen molar-refractivity contribution >= 4 is 30.2 Å². The van der Waals surface area contributed by atoms with Crippen LogP contribution in [0.5, 0.6) is 0 Å². The molecular formula is C17H26N2S. The van der Waals surface area contributed by atoms with Gasteiger partial charge in [-0.1, -0.05) is 47.6 Å². The highest BCUT2D eigenvalue weighted by molar-refractivity contribution is 7.12. The Balaban J connectivity index is 3.40. The SMILES string of the molecule is C=N/C(=C\c1sc(C(C)(C)C)nc1/C=C\C)C(C)(C)C. The van der Waals surface area contributed by atoms with Gasteiger partial charge in [0.2, 0.25) is 0 Å². The Morgan fingerprint density at radius 1 is 1.20 bits per heavy atom. The van der Waals surface area contributed by atoms with E-state index < -0.39 is 0 Å². The first-order valence-electron chi connectivity index (χ1n) is 6.92. The Morgan fingerprint density at radius 2 is 1.80 bits per heavy atom. The summed E-state index contributed by atoms with van der Waals surface area (Å²) in [5.41, 5.74) is 2.07. The molecule has 0 saturated heterocycles. The zero-order valence-electron chi connectivity index (χ0n) is 13.7. The number of hydrogen-bond donors (Lipinski definition) is 0. The molecule has 0 N–H and O–H groups in total. The highest BCUT2D eigenvalue weighted by atomic mass is 32.1. The second kappa shape index (κ2) is 6.04. The van der Waals surface area contributed by atoms with Crippen LogP contribution in [0.3, 0.4) is 0 Å². The summed E-state index contributed by atoms with van der Waals surface area (Å²) in [6.07, 6.45) is 6.20. The van der Waals surface area contributed by atoms with Crippen LogP contribution in [0.15, 0.2) is 16.8 Å². The fourth-order valence-electron chi connectivity index (χ4n) is 1.67. The van der Waals surface area contributed by atoms with E-state index in [4.69, 9.17) is 4.98 Å². The van der Waals surface area contributed by atoms with E-state index in [0.29, 0.717) is 0 Å². The van der Waals surface area contributed by atoms with Crippen LogP contribution < -0.4 is 0 Å². The van der Waals surface area contributed by atoms with Gasteiger partial charge in [-0.2, -0.15) is 0 Å². The number of nitrogens with zero attached hydrogens (tertiary/aromatic N) is 2. The molecule has 1 aromatic rings. The van der Waals surface area contributed by atoms with Gasteiger partial charge in [0.05, 0.1) is 15.6 Å². The lowest BCUT2D eigenvalue weighted by Crippen LogP contribution is -2.10. The largest absolute Gasteiger partial charge is 0.268 e. The molecule has 0 radical (unpaired) electrons. The van der Waals surface area contributed by atoms with Crippen molar-refractivity contribution in [1.29, 1.82) is 0 Å². The van der Waals surface area contributed by atoms with Gasteiger partial charge in [-0.15, -0.1) is 11.3 Å². The molecule has 20 heavy (non-hydrogen) atoms. The first-order valence-corrected chi connectivity index (χ1v) is 7.74. The van der Waals surface area contributed by atoms with Crippen molar-refractivity contribution in [3.05, 3.63) is 27.4 Å². The van der Waals surface area contributed by atoms with Crippen LogP contribution in [0.1, 0.15) is 64.0 Å². The van der Waals surface area contributed by atoms with Gasteiger partial charge >= 0.3 is 0 Å². The van der Waals surface area contributed by atoms with Crippen molar-refractivity contribution in [2.45, 2.75) is 53.9 Å². The van der Waals surface area contributed by atoms with E-state index in [2.05, 4.69) is 65.4 Å². The highest BCUT2D eigenvalue weighted by Gasteiger charge is 2.22.